The van der Waals surface area contributed by atoms with Crippen LogP contribution in [0.15, 0.2) is 18.2 Å². The second kappa shape index (κ2) is 5.49. The summed E-state index contributed by atoms with van der Waals surface area (Å²) in [5.74, 6) is -0.239. The zero-order valence-electron chi connectivity index (χ0n) is 12.7. The number of nitrogens with one attached hydrogen (secondary N) is 2. The van der Waals surface area contributed by atoms with Crippen LogP contribution < -0.4 is 5.32 Å². The average molecular weight is 271 g/mol. The Morgan fingerprint density at radius 2 is 1.75 bits per heavy atom. The number of rotatable bonds is 3. The topological polar surface area (TPSA) is 57.8 Å². The standard InChI is InChI=1S/C16H21N3O/c1-9-6-10(2)8-14(7-9)17-16(20)11(3)15-12(4)18-19-13(15)5/h6-8,11H,1-5H3,(H,17,20)(H,18,19). The summed E-state index contributed by atoms with van der Waals surface area (Å²) < 4.78 is 0. The van der Waals surface area contributed by atoms with Gasteiger partial charge in [0, 0.05) is 16.9 Å². The van der Waals surface area contributed by atoms with Crippen molar-refractivity contribution in [1.82, 2.24) is 10.2 Å². The lowest BCUT2D eigenvalue weighted by atomic mass is 9.98. The van der Waals surface area contributed by atoms with E-state index in [4.69, 9.17) is 0 Å². The fourth-order valence-corrected chi connectivity index (χ4v) is 2.63. The van der Waals surface area contributed by atoms with Crippen molar-refractivity contribution in [3.8, 4) is 0 Å². The van der Waals surface area contributed by atoms with Crippen LogP contribution in [0.5, 0.6) is 0 Å². The number of aromatic amines is 1. The molecule has 0 saturated carbocycles. The molecule has 1 unspecified atom stereocenters. The molecular formula is C16H21N3O. The lowest BCUT2D eigenvalue weighted by molar-refractivity contribution is -0.117. The van der Waals surface area contributed by atoms with Gasteiger partial charge in [-0.1, -0.05) is 6.07 Å². The largest absolute Gasteiger partial charge is 0.326 e. The van der Waals surface area contributed by atoms with Crippen LogP contribution in [-0.2, 0) is 4.79 Å². The molecule has 1 amide bonds. The predicted octanol–water partition coefficient (Wildman–Crippen LogP) is 3.39. The number of aromatic nitrogens is 2. The lowest BCUT2D eigenvalue weighted by Crippen LogP contribution is -2.19. The van der Waals surface area contributed by atoms with Gasteiger partial charge in [0.2, 0.25) is 5.91 Å². The molecule has 0 fully saturated rings. The first-order chi connectivity index (χ1) is 9.38. The highest BCUT2D eigenvalue weighted by Gasteiger charge is 2.21. The van der Waals surface area contributed by atoms with E-state index in [0.29, 0.717) is 0 Å². The summed E-state index contributed by atoms with van der Waals surface area (Å²) in [6, 6.07) is 6.04. The summed E-state index contributed by atoms with van der Waals surface area (Å²) in [5.41, 5.74) is 5.94. The summed E-state index contributed by atoms with van der Waals surface area (Å²) in [6.07, 6.45) is 0. The van der Waals surface area contributed by atoms with E-state index < -0.39 is 0 Å². The van der Waals surface area contributed by atoms with Gasteiger partial charge in [-0.2, -0.15) is 5.10 Å². The molecule has 20 heavy (non-hydrogen) atoms. The number of nitrogens with zero attached hydrogens (tertiary/aromatic N) is 1. The Morgan fingerprint density at radius 1 is 1.15 bits per heavy atom. The smallest absolute Gasteiger partial charge is 0.231 e. The molecule has 0 saturated heterocycles. The van der Waals surface area contributed by atoms with Crippen LogP contribution in [0, 0.1) is 27.7 Å². The highest BCUT2D eigenvalue weighted by Crippen LogP contribution is 2.23. The number of carbonyl (C=O) groups excluding carboxylic acids is 1. The van der Waals surface area contributed by atoms with Crippen molar-refractivity contribution >= 4 is 11.6 Å². The van der Waals surface area contributed by atoms with Crippen LogP contribution in [0.25, 0.3) is 0 Å². The Bertz CT molecular complexity index is 603. The third-order valence-electron chi connectivity index (χ3n) is 3.50. The molecule has 106 valence electrons. The number of aryl methyl sites for hydroxylation is 4. The molecule has 0 aliphatic rings. The number of H-pyrrole nitrogens is 1. The molecule has 2 rings (SSSR count). The van der Waals surface area contributed by atoms with E-state index in [9.17, 15) is 4.79 Å². The number of carbonyl (C=O) groups is 1. The van der Waals surface area contributed by atoms with Gasteiger partial charge in [-0.15, -0.1) is 0 Å². The minimum atomic E-state index is -0.227. The molecule has 1 atom stereocenters. The van der Waals surface area contributed by atoms with Crippen molar-refractivity contribution in [2.24, 2.45) is 0 Å². The summed E-state index contributed by atoms with van der Waals surface area (Å²) in [5, 5.41) is 10.1. The highest BCUT2D eigenvalue weighted by atomic mass is 16.1. The molecule has 1 aromatic carbocycles. The second-order valence-corrected chi connectivity index (χ2v) is 5.44. The third kappa shape index (κ3) is 2.90. The number of hydrogen-bond acceptors (Lipinski definition) is 2. The predicted molar refractivity (Wildman–Crippen MR) is 81.0 cm³/mol. The van der Waals surface area contributed by atoms with E-state index in [1.165, 1.54) is 0 Å². The van der Waals surface area contributed by atoms with Gasteiger partial charge in [-0.25, -0.2) is 0 Å². The monoisotopic (exact) mass is 271 g/mol. The van der Waals surface area contributed by atoms with Crippen LogP contribution in [0.3, 0.4) is 0 Å². The van der Waals surface area contributed by atoms with E-state index in [-0.39, 0.29) is 11.8 Å². The fourth-order valence-electron chi connectivity index (χ4n) is 2.63. The summed E-state index contributed by atoms with van der Waals surface area (Å²) >= 11 is 0. The minimum absolute atomic E-state index is 0.0115. The van der Waals surface area contributed by atoms with Crippen molar-refractivity contribution in [1.29, 1.82) is 0 Å². The zero-order valence-corrected chi connectivity index (χ0v) is 12.7. The molecule has 1 heterocycles. The summed E-state index contributed by atoms with van der Waals surface area (Å²) in [4.78, 5) is 12.4. The van der Waals surface area contributed by atoms with Crippen LogP contribution in [-0.4, -0.2) is 16.1 Å². The van der Waals surface area contributed by atoms with Crippen LogP contribution >= 0.6 is 0 Å². The molecule has 2 N–H and O–H groups in total. The van der Waals surface area contributed by atoms with Crippen molar-refractivity contribution in [3.05, 3.63) is 46.3 Å². The Labute approximate surface area is 119 Å². The van der Waals surface area contributed by atoms with Gasteiger partial charge >= 0.3 is 0 Å². The molecule has 2 aromatic rings. The maximum atomic E-state index is 12.4. The fraction of sp³-hybridized carbons (Fsp3) is 0.375. The van der Waals surface area contributed by atoms with Crippen molar-refractivity contribution < 1.29 is 4.79 Å². The number of amides is 1. The molecule has 0 spiro atoms. The molecular weight excluding hydrogens is 250 g/mol. The van der Waals surface area contributed by atoms with Crippen molar-refractivity contribution in [2.75, 3.05) is 5.32 Å². The maximum Gasteiger partial charge on any atom is 0.231 e. The number of hydrogen-bond donors (Lipinski definition) is 2. The van der Waals surface area contributed by atoms with E-state index in [0.717, 1.165) is 33.8 Å². The van der Waals surface area contributed by atoms with Gasteiger partial charge in [-0.3, -0.25) is 9.89 Å². The molecule has 4 heteroatoms. The van der Waals surface area contributed by atoms with E-state index in [1.807, 2.05) is 46.8 Å². The van der Waals surface area contributed by atoms with Crippen LogP contribution in [0.2, 0.25) is 0 Å². The molecule has 0 bridgehead atoms. The van der Waals surface area contributed by atoms with Gasteiger partial charge in [-0.05, 0) is 57.9 Å². The minimum Gasteiger partial charge on any atom is -0.326 e. The van der Waals surface area contributed by atoms with Crippen molar-refractivity contribution in [2.45, 2.75) is 40.5 Å². The normalized spacial score (nSPS) is 12.2. The maximum absolute atomic E-state index is 12.4. The van der Waals surface area contributed by atoms with E-state index in [1.54, 1.807) is 0 Å². The molecule has 0 aliphatic carbocycles. The first kappa shape index (κ1) is 14.3. The molecule has 0 aliphatic heterocycles. The van der Waals surface area contributed by atoms with Gasteiger partial charge < -0.3 is 5.32 Å². The quantitative estimate of drug-likeness (QED) is 0.899. The first-order valence-corrected chi connectivity index (χ1v) is 6.79. The SMILES string of the molecule is Cc1cc(C)cc(NC(=O)C(C)c2c(C)n[nH]c2C)c1. The second-order valence-electron chi connectivity index (χ2n) is 5.44. The lowest BCUT2D eigenvalue weighted by Gasteiger charge is -2.13. The average Bonchev–Trinajstić information content (AvgIpc) is 2.66. The first-order valence-electron chi connectivity index (χ1n) is 6.79. The number of anilines is 1. The molecule has 4 nitrogen and oxygen atoms in total. The van der Waals surface area contributed by atoms with E-state index in [2.05, 4.69) is 21.6 Å². The highest BCUT2D eigenvalue weighted by molar-refractivity contribution is 5.96. The number of benzene rings is 1. The Balaban J connectivity index is 2.20. The van der Waals surface area contributed by atoms with Crippen LogP contribution in [0.4, 0.5) is 5.69 Å². The van der Waals surface area contributed by atoms with Crippen LogP contribution in [0.1, 0.15) is 40.9 Å². The van der Waals surface area contributed by atoms with Gasteiger partial charge in [0.1, 0.15) is 0 Å². The van der Waals surface area contributed by atoms with Gasteiger partial charge in [0.25, 0.3) is 0 Å². The van der Waals surface area contributed by atoms with Gasteiger partial charge in [0.15, 0.2) is 0 Å². The third-order valence-corrected chi connectivity index (χ3v) is 3.50. The van der Waals surface area contributed by atoms with Gasteiger partial charge in [0.05, 0.1) is 11.6 Å². The Hall–Kier alpha value is -2.10. The molecule has 0 radical (unpaired) electrons. The summed E-state index contributed by atoms with van der Waals surface area (Å²) in [7, 11) is 0. The Morgan fingerprint density at radius 3 is 2.25 bits per heavy atom. The summed E-state index contributed by atoms with van der Waals surface area (Å²) in [6.45, 7) is 9.81. The zero-order chi connectivity index (χ0) is 14.9. The van der Waals surface area contributed by atoms with Crippen molar-refractivity contribution in [3.63, 3.8) is 0 Å². The van der Waals surface area contributed by atoms with E-state index >= 15 is 0 Å². The molecule has 1 aromatic heterocycles. The Kier molecular flexibility index (Phi) is 3.93.